The van der Waals surface area contributed by atoms with E-state index in [1.54, 1.807) is 19.9 Å². The Hall–Kier alpha value is -3.60. The van der Waals surface area contributed by atoms with Gasteiger partial charge in [-0.25, -0.2) is 13.2 Å². The first kappa shape index (κ1) is 26.7. The number of benzene rings is 2. The Morgan fingerprint density at radius 1 is 0.941 bits per heavy atom. The third-order valence-electron chi connectivity index (χ3n) is 4.73. The molecule has 0 unspecified atom stereocenters. The summed E-state index contributed by atoms with van der Waals surface area (Å²) in [6, 6.07) is 9.17. The molecule has 11 heteroatoms. The second kappa shape index (κ2) is 11.5. The van der Waals surface area contributed by atoms with Gasteiger partial charge in [-0.05, 0) is 42.3 Å². The van der Waals surface area contributed by atoms with Crippen molar-refractivity contribution >= 4 is 33.3 Å². The smallest absolute Gasteiger partial charge is 0.329 e. The fourth-order valence-electron chi connectivity index (χ4n) is 2.87. The Morgan fingerprint density at radius 2 is 1.50 bits per heavy atom. The van der Waals surface area contributed by atoms with Gasteiger partial charge in [0.2, 0.25) is 0 Å². The van der Waals surface area contributed by atoms with Gasteiger partial charge in [-0.1, -0.05) is 13.8 Å². The molecule has 0 saturated heterocycles. The molecule has 0 aliphatic heterocycles. The van der Waals surface area contributed by atoms with Gasteiger partial charge >= 0.3 is 5.97 Å². The maximum absolute atomic E-state index is 12.7. The lowest BCUT2D eigenvalue weighted by atomic mass is 10.0. The molecule has 0 heterocycles. The van der Waals surface area contributed by atoms with Crippen molar-refractivity contribution in [3.63, 3.8) is 0 Å². The van der Waals surface area contributed by atoms with Crippen LogP contribution in [0.5, 0.6) is 11.5 Å². The molecular formula is C23H28N2O8S. The summed E-state index contributed by atoms with van der Waals surface area (Å²) in [6.07, 6.45) is 1.08. The van der Waals surface area contributed by atoms with Crippen LogP contribution in [-0.4, -0.2) is 59.3 Å². The van der Waals surface area contributed by atoms with Gasteiger partial charge in [0.15, 0.2) is 16.4 Å². The van der Waals surface area contributed by atoms with Crippen LogP contribution in [0.15, 0.2) is 47.4 Å². The third kappa shape index (κ3) is 7.48. The highest BCUT2D eigenvalue weighted by Crippen LogP contribution is 2.22. The lowest BCUT2D eigenvalue weighted by molar-refractivity contribution is -0.150. The van der Waals surface area contributed by atoms with Crippen LogP contribution < -0.4 is 20.1 Å². The number of hydrogen-bond acceptors (Lipinski definition) is 8. The summed E-state index contributed by atoms with van der Waals surface area (Å²) in [5, 5.41) is 5.13. The number of methoxy groups -OCH3 is 2. The van der Waals surface area contributed by atoms with Gasteiger partial charge in [-0.3, -0.25) is 9.59 Å². The van der Waals surface area contributed by atoms with Gasteiger partial charge in [0.25, 0.3) is 11.8 Å². The maximum atomic E-state index is 12.7. The first-order valence-corrected chi connectivity index (χ1v) is 12.1. The standard InChI is InChI=1S/C23H28N2O8S/c1-14(2)21(25-22(27)15-10-17(31-3)12-18(11-15)32-4)23(28)33-13-20(26)24-16-6-8-19(9-7-16)34(5,29)30/h6-12,14,21H,13H2,1-5H3,(H,24,26)(H,25,27)/t21-/m0/s1. The Morgan fingerprint density at radius 3 is 1.97 bits per heavy atom. The van der Waals surface area contributed by atoms with Gasteiger partial charge in [0.05, 0.1) is 19.1 Å². The van der Waals surface area contributed by atoms with Crippen molar-refractivity contribution in [1.29, 1.82) is 0 Å². The second-order valence-electron chi connectivity index (χ2n) is 7.75. The van der Waals surface area contributed by atoms with Gasteiger partial charge in [-0.2, -0.15) is 0 Å². The molecule has 34 heavy (non-hydrogen) atoms. The number of sulfone groups is 1. The van der Waals surface area contributed by atoms with Crippen molar-refractivity contribution in [2.24, 2.45) is 5.92 Å². The van der Waals surface area contributed by atoms with Crippen molar-refractivity contribution in [2.45, 2.75) is 24.8 Å². The highest BCUT2D eigenvalue weighted by Gasteiger charge is 2.27. The quantitative estimate of drug-likeness (QED) is 0.481. The van der Waals surface area contributed by atoms with Crippen LogP contribution in [0.2, 0.25) is 0 Å². The molecule has 2 aromatic carbocycles. The molecule has 1 atom stereocenters. The summed E-state index contributed by atoms with van der Waals surface area (Å²) in [4.78, 5) is 37.6. The van der Waals surface area contributed by atoms with Crippen molar-refractivity contribution in [2.75, 3.05) is 32.4 Å². The van der Waals surface area contributed by atoms with E-state index in [4.69, 9.17) is 14.2 Å². The van der Waals surface area contributed by atoms with E-state index in [0.717, 1.165) is 6.26 Å². The molecular weight excluding hydrogens is 464 g/mol. The van der Waals surface area contributed by atoms with Crippen LogP contribution in [0.4, 0.5) is 5.69 Å². The van der Waals surface area contributed by atoms with E-state index < -0.39 is 40.3 Å². The van der Waals surface area contributed by atoms with E-state index in [1.165, 1.54) is 50.6 Å². The number of anilines is 1. The highest BCUT2D eigenvalue weighted by molar-refractivity contribution is 7.90. The van der Waals surface area contributed by atoms with Gasteiger partial charge in [-0.15, -0.1) is 0 Å². The Bertz CT molecular complexity index is 1120. The first-order valence-electron chi connectivity index (χ1n) is 10.2. The summed E-state index contributed by atoms with van der Waals surface area (Å²) in [7, 11) is -0.447. The SMILES string of the molecule is COc1cc(OC)cc(C(=O)N[C@H](C(=O)OCC(=O)Nc2ccc(S(C)(=O)=O)cc2)C(C)C)c1. The predicted octanol–water partition coefficient (Wildman–Crippen LogP) is 2.04. The number of hydrogen-bond donors (Lipinski definition) is 2. The van der Waals surface area contributed by atoms with Gasteiger partial charge < -0.3 is 24.8 Å². The van der Waals surface area contributed by atoms with E-state index in [0.29, 0.717) is 17.2 Å². The predicted molar refractivity (Wildman–Crippen MR) is 125 cm³/mol. The molecule has 0 spiro atoms. The Labute approximate surface area is 198 Å². The normalized spacial score (nSPS) is 11.9. The molecule has 0 aromatic heterocycles. The summed E-state index contributed by atoms with van der Waals surface area (Å²) < 4.78 is 38.4. The van der Waals surface area contributed by atoms with E-state index in [1.807, 2.05) is 0 Å². The number of nitrogens with one attached hydrogen (secondary N) is 2. The van der Waals surface area contributed by atoms with E-state index >= 15 is 0 Å². The number of ether oxygens (including phenoxy) is 3. The summed E-state index contributed by atoms with van der Waals surface area (Å²) >= 11 is 0. The number of amides is 2. The number of carbonyl (C=O) groups is 3. The van der Waals surface area contributed by atoms with Crippen molar-refractivity contribution < 1.29 is 37.0 Å². The fraction of sp³-hybridized carbons (Fsp3) is 0.348. The molecule has 2 aromatic rings. The third-order valence-corrected chi connectivity index (χ3v) is 5.86. The zero-order valence-corrected chi connectivity index (χ0v) is 20.4. The lowest BCUT2D eigenvalue weighted by Gasteiger charge is -2.21. The molecule has 2 rings (SSSR count). The van der Waals surface area contributed by atoms with Crippen LogP contribution in [0.25, 0.3) is 0 Å². The van der Waals surface area contributed by atoms with Crippen LogP contribution in [0, 0.1) is 5.92 Å². The topological polar surface area (TPSA) is 137 Å². The molecule has 10 nitrogen and oxygen atoms in total. The Balaban J connectivity index is 1.99. The molecule has 0 aliphatic rings. The minimum atomic E-state index is -3.36. The van der Waals surface area contributed by atoms with E-state index in [9.17, 15) is 22.8 Å². The van der Waals surface area contributed by atoms with Gasteiger partial charge in [0.1, 0.15) is 17.5 Å². The number of carbonyl (C=O) groups excluding carboxylic acids is 3. The molecule has 0 bridgehead atoms. The second-order valence-corrected chi connectivity index (χ2v) is 9.76. The lowest BCUT2D eigenvalue weighted by Crippen LogP contribution is -2.46. The van der Waals surface area contributed by atoms with Crippen LogP contribution in [-0.2, 0) is 24.2 Å². The molecule has 2 amide bonds. The molecule has 0 aliphatic carbocycles. The van der Waals surface area contributed by atoms with Crippen LogP contribution >= 0.6 is 0 Å². The van der Waals surface area contributed by atoms with Crippen LogP contribution in [0.3, 0.4) is 0 Å². The number of rotatable bonds is 10. The first-order chi connectivity index (χ1) is 15.9. The largest absolute Gasteiger partial charge is 0.497 e. The summed E-state index contributed by atoms with van der Waals surface area (Å²) in [5.74, 6) is -1.43. The molecule has 0 saturated carbocycles. The molecule has 2 N–H and O–H groups in total. The maximum Gasteiger partial charge on any atom is 0.329 e. The van der Waals surface area contributed by atoms with Crippen molar-refractivity contribution in [3.05, 3.63) is 48.0 Å². The van der Waals surface area contributed by atoms with E-state index in [2.05, 4.69) is 10.6 Å². The highest BCUT2D eigenvalue weighted by atomic mass is 32.2. The van der Waals surface area contributed by atoms with Gasteiger partial charge in [0, 0.05) is 23.6 Å². The number of esters is 1. The Kier molecular flexibility index (Phi) is 9.02. The van der Waals surface area contributed by atoms with E-state index in [-0.39, 0.29) is 16.4 Å². The van der Waals surface area contributed by atoms with Crippen molar-refractivity contribution in [1.82, 2.24) is 5.32 Å². The summed E-state index contributed by atoms with van der Waals surface area (Å²) in [5.41, 5.74) is 0.569. The monoisotopic (exact) mass is 492 g/mol. The minimum absolute atomic E-state index is 0.112. The van der Waals surface area contributed by atoms with Crippen LogP contribution in [0.1, 0.15) is 24.2 Å². The molecule has 0 fully saturated rings. The average Bonchev–Trinajstić information content (AvgIpc) is 2.79. The zero-order chi connectivity index (χ0) is 25.5. The minimum Gasteiger partial charge on any atom is -0.497 e. The fourth-order valence-corrected chi connectivity index (χ4v) is 3.50. The average molecular weight is 493 g/mol. The zero-order valence-electron chi connectivity index (χ0n) is 19.6. The molecule has 0 radical (unpaired) electrons. The summed E-state index contributed by atoms with van der Waals surface area (Å²) in [6.45, 7) is 2.86. The molecule has 184 valence electrons. The van der Waals surface area contributed by atoms with Crippen molar-refractivity contribution in [3.8, 4) is 11.5 Å².